The fourth-order valence-corrected chi connectivity index (χ4v) is 3.60. The fraction of sp³-hybridized carbons (Fsp3) is 0.529. The molecule has 50 heavy (non-hydrogen) atoms. The van der Waals surface area contributed by atoms with Crippen LogP contribution in [0, 0.1) is 0 Å². The average molecular weight is 699 g/mol. The smallest absolute Gasteiger partial charge is 0.437 e. The summed E-state index contributed by atoms with van der Waals surface area (Å²) in [6.07, 6.45) is -0.248. The highest BCUT2D eigenvalue weighted by atomic mass is 16.6. The molecule has 274 valence electrons. The lowest BCUT2D eigenvalue weighted by atomic mass is 10.1. The third-order valence-corrected chi connectivity index (χ3v) is 5.26. The first kappa shape index (κ1) is 40.9. The molecular formula is C34H50N8O8. The minimum atomic E-state index is -0.901. The number of amides is 4. The van der Waals surface area contributed by atoms with Gasteiger partial charge in [-0.2, -0.15) is 0 Å². The summed E-state index contributed by atoms with van der Waals surface area (Å²) in [7, 11) is 0. The van der Waals surface area contributed by atoms with Crippen molar-refractivity contribution in [1.29, 1.82) is 0 Å². The zero-order valence-corrected chi connectivity index (χ0v) is 30.9. The van der Waals surface area contributed by atoms with Crippen LogP contribution in [0.1, 0.15) is 94.2 Å². The number of hydrogen-bond acceptors (Lipinski definition) is 10. The maximum atomic E-state index is 12.4. The SMILES string of the molecule is CC(C)(C)OC(=O)/N=C(/NCc1ccnc(-c2cc(CN/C(=N\C(=O)OC(C)(C)C)NC(=O)OC(C)(C)C)ccn2)c1)NC(=O)OC(C)(C)C. The van der Waals surface area contributed by atoms with E-state index in [0.29, 0.717) is 11.4 Å². The quantitative estimate of drug-likeness (QED) is 0.162. The Labute approximate surface area is 293 Å². The third kappa shape index (κ3) is 17.8. The molecule has 0 bridgehead atoms. The number of ether oxygens (including phenoxy) is 4. The van der Waals surface area contributed by atoms with E-state index in [2.05, 4.69) is 41.2 Å². The molecule has 0 saturated carbocycles. The van der Waals surface area contributed by atoms with Gasteiger partial charge in [-0.1, -0.05) is 0 Å². The molecule has 16 heteroatoms. The average Bonchev–Trinajstić information content (AvgIpc) is 2.91. The van der Waals surface area contributed by atoms with E-state index in [1.165, 1.54) is 0 Å². The maximum absolute atomic E-state index is 12.4. The highest BCUT2D eigenvalue weighted by Crippen LogP contribution is 2.17. The lowest BCUT2D eigenvalue weighted by Gasteiger charge is -2.21. The number of carbonyl (C=O) groups excluding carboxylic acids is 4. The Balaban J connectivity index is 2.24. The van der Waals surface area contributed by atoms with Gasteiger partial charge < -0.3 is 29.6 Å². The molecule has 0 aliphatic heterocycles. The van der Waals surface area contributed by atoms with E-state index in [1.54, 1.807) is 120 Å². The molecule has 0 aliphatic carbocycles. The van der Waals surface area contributed by atoms with Gasteiger partial charge in [-0.05, 0) is 118 Å². The molecular weight excluding hydrogens is 648 g/mol. The number of aromatic nitrogens is 2. The van der Waals surface area contributed by atoms with E-state index in [4.69, 9.17) is 18.9 Å². The molecule has 0 aliphatic rings. The van der Waals surface area contributed by atoms with Crippen molar-refractivity contribution in [1.82, 2.24) is 31.2 Å². The first-order chi connectivity index (χ1) is 22.9. The van der Waals surface area contributed by atoms with Gasteiger partial charge >= 0.3 is 24.4 Å². The monoisotopic (exact) mass is 698 g/mol. The molecule has 0 radical (unpaired) electrons. The standard InChI is InChI=1S/C34H50N8O8/c1-31(2,3)47-27(43)39-25(40-28(44)48-32(4,5)6)37-19-21-13-15-35-23(17-21)24-18-22(14-16-36-24)20-38-26(41-29(45)49-33(7,8)9)42-30(46)50-34(10,11)12/h13-18H,19-20H2,1-12H3,(H2,37,39,40,43,44)(H2,38,41,42,45,46). The minimum Gasteiger partial charge on any atom is -0.444 e. The van der Waals surface area contributed by atoms with Crippen molar-refractivity contribution in [3.8, 4) is 11.4 Å². The predicted octanol–water partition coefficient (Wildman–Crippen LogP) is 5.95. The van der Waals surface area contributed by atoms with Crippen molar-refractivity contribution in [3.63, 3.8) is 0 Å². The Bertz CT molecular complexity index is 1460. The summed E-state index contributed by atoms with van der Waals surface area (Å²) in [6.45, 7) is 20.7. The van der Waals surface area contributed by atoms with Gasteiger partial charge in [0.25, 0.3) is 0 Å². The summed E-state index contributed by atoms with van der Waals surface area (Å²) in [5.74, 6) is -0.330. The largest absolute Gasteiger partial charge is 0.444 e. The van der Waals surface area contributed by atoms with E-state index in [9.17, 15) is 19.2 Å². The van der Waals surface area contributed by atoms with Crippen LogP contribution < -0.4 is 21.3 Å². The molecule has 2 aromatic heterocycles. The number of pyridine rings is 2. The van der Waals surface area contributed by atoms with Crippen LogP contribution >= 0.6 is 0 Å². The van der Waals surface area contributed by atoms with Crippen LogP contribution in [-0.4, -0.2) is 68.7 Å². The number of aliphatic imine (C=N–C) groups is 2. The van der Waals surface area contributed by atoms with Crippen LogP contribution in [-0.2, 0) is 32.0 Å². The molecule has 0 saturated heterocycles. The van der Waals surface area contributed by atoms with Crippen molar-refractivity contribution < 1.29 is 38.1 Å². The summed E-state index contributed by atoms with van der Waals surface area (Å²) in [5, 5.41) is 10.8. The molecule has 0 fully saturated rings. The zero-order valence-electron chi connectivity index (χ0n) is 30.9. The van der Waals surface area contributed by atoms with Crippen LogP contribution in [0.3, 0.4) is 0 Å². The van der Waals surface area contributed by atoms with Gasteiger partial charge in [0.05, 0.1) is 11.4 Å². The van der Waals surface area contributed by atoms with E-state index in [0.717, 1.165) is 11.1 Å². The Kier molecular flexibility index (Phi) is 13.8. The Morgan fingerprint density at radius 3 is 1.18 bits per heavy atom. The normalized spacial score (nSPS) is 12.7. The van der Waals surface area contributed by atoms with Crippen molar-refractivity contribution in [3.05, 3.63) is 47.8 Å². The highest BCUT2D eigenvalue weighted by molar-refractivity contribution is 5.99. The van der Waals surface area contributed by atoms with E-state index >= 15 is 0 Å². The van der Waals surface area contributed by atoms with Crippen molar-refractivity contribution in [2.24, 2.45) is 9.98 Å². The first-order valence-corrected chi connectivity index (χ1v) is 15.9. The molecule has 2 aromatic rings. The number of nitrogens with one attached hydrogen (secondary N) is 4. The van der Waals surface area contributed by atoms with Crippen LogP contribution in [0.15, 0.2) is 46.6 Å². The first-order valence-electron chi connectivity index (χ1n) is 15.9. The fourth-order valence-electron chi connectivity index (χ4n) is 3.60. The number of carbonyl (C=O) groups is 4. The number of nitrogens with zero attached hydrogens (tertiary/aromatic N) is 4. The molecule has 16 nitrogen and oxygen atoms in total. The van der Waals surface area contributed by atoms with Gasteiger partial charge in [0.15, 0.2) is 0 Å². The van der Waals surface area contributed by atoms with Crippen molar-refractivity contribution >= 4 is 36.3 Å². The molecule has 2 rings (SSSR count). The minimum absolute atomic E-state index is 0.134. The molecule has 4 amide bonds. The summed E-state index contributed by atoms with van der Waals surface area (Å²) >= 11 is 0. The van der Waals surface area contributed by atoms with Gasteiger partial charge in [0.1, 0.15) is 22.4 Å². The van der Waals surface area contributed by atoms with Gasteiger partial charge in [0.2, 0.25) is 11.9 Å². The second kappa shape index (κ2) is 16.9. The van der Waals surface area contributed by atoms with E-state index in [-0.39, 0.29) is 25.0 Å². The molecule has 0 aromatic carbocycles. The van der Waals surface area contributed by atoms with Gasteiger partial charge in [0, 0.05) is 25.5 Å². The Morgan fingerprint density at radius 2 is 0.880 bits per heavy atom. The zero-order chi connectivity index (χ0) is 37.9. The molecule has 4 N–H and O–H groups in total. The topological polar surface area (TPSA) is 204 Å². The second-order valence-electron chi connectivity index (χ2n) is 14.9. The lowest BCUT2D eigenvalue weighted by molar-refractivity contribution is 0.0542. The van der Waals surface area contributed by atoms with Gasteiger partial charge in [-0.15, -0.1) is 9.98 Å². The van der Waals surface area contributed by atoms with Gasteiger partial charge in [-0.3, -0.25) is 20.6 Å². The lowest BCUT2D eigenvalue weighted by Crippen LogP contribution is -2.44. The summed E-state index contributed by atoms with van der Waals surface area (Å²) in [4.78, 5) is 66.3. The van der Waals surface area contributed by atoms with Crippen LogP contribution in [0.4, 0.5) is 19.2 Å². The van der Waals surface area contributed by atoms with Crippen LogP contribution in [0.2, 0.25) is 0 Å². The highest BCUT2D eigenvalue weighted by Gasteiger charge is 2.22. The summed E-state index contributed by atoms with van der Waals surface area (Å²) in [5.41, 5.74) is -0.671. The van der Waals surface area contributed by atoms with Crippen LogP contribution in [0.5, 0.6) is 0 Å². The number of alkyl carbamates (subject to hydrolysis) is 2. The number of rotatable bonds is 5. The van der Waals surface area contributed by atoms with Crippen molar-refractivity contribution in [2.75, 3.05) is 0 Å². The number of hydrogen-bond donors (Lipinski definition) is 4. The predicted molar refractivity (Wildman–Crippen MR) is 187 cm³/mol. The molecule has 0 unspecified atom stereocenters. The Morgan fingerprint density at radius 1 is 0.560 bits per heavy atom. The molecule has 0 spiro atoms. The van der Waals surface area contributed by atoms with Gasteiger partial charge in [-0.25, -0.2) is 19.2 Å². The van der Waals surface area contributed by atoms with E-state index < -0.39 is 46.8 Å². The van der Waals surface area contributed by atoms with Crippen molar-refractivity contribution in [2.45, 2.75) is 119 Å². The summed E-state index contributed by atoms with van der Waals surface area (Å²) in [6, 6.07) is 7.01. The second-order valence-corrected chi connectivity index (χ2v) is 14.9. The molecule has 0 atom stereocenters. The summed E-state index contributed by atoms with van der Waals surface area (Å²) < 4.78 is 21.1. The number of guanidine groups is 2. The molecule has 2 heterocycles. The van der Waals surface area contributed by atoms with Crippen LogP contribution in [0.25, 0.3) is 11.4 Å². The maximum Gasteiger partial charge on any atom is 0.437 e. The third-order valence-electron chi connectivity index (χ3n) is 5.26. The van der Waals surface area contributed by atoms with E-state index in [1.807, 2.05) is 0 Å². The Hall–Kier alpha value is -5.28.